The summed E-state index contributed by atoms with van der Waals surface area (Å²) in [5.74, 6) is 1.39. The van der Waals surface area contributed by atoms with Crippen molar-refractivity contribution < 1.29 is 19.4 Å². The Balaban J connectivity index is 1.74. The number of likely N-dealkylation sites (tertiary alicyclic amines) is 1. The van der Waals surface area contributed by atoms with Crippen LogP contribution in [0.25, 0.3) is 0 Å². The molecule has 2 unspecified atom stereocenters. The van der Waals surface area contributed by atoms with E-state index in [1.807, 2.05) is 6.07 Å². The molecule has 2 aliphatic heterocycles. The van der Waals surface area contributed by atoms with Crippen LogP contribution in [-0.4, -0.2) is 47.8 Å². The third-order valence-corrected chi connectivity index (χ3v) is 6.80. The zero-order chi connectivity index (χ0) is 16.6. The van der Waals surface area contributed by atoms with E-state index in [2.05, 4.69) is 18.0 Å². The van der Waals surface area contributed by atoms with Crippen LogP contribution >= 0.6 is 0 Å². The van der Waals surface area contributed by atoms with Crippen LogP contribution in [-0.2, 0) is 16.6 Å². The zero-order valence-electron chi connectivity index (χ0n) is 14.1. The molecular weight excluding hydrogens is 306 g/mol. The molecule has 0 aromatic heterocycles. The van der Waals surface area contributed by atoms with E-state index >= 15 is 0 Å². The normalized spacial score (nSPS) is 39.1. The molecule has 5 rings (SSSR count). The summed E-state index contributed by atoms with van der Waals surface area (Å²) >= 11 is 0. The number of hydrogen-bond acceptors (Lipinski definition) is 5. The summed E-state index contributed by atoms with van der Waals surface area (Å²) in [6, 6.07) is 4.45. The van der Waals surface area contributed by atoms with Gasteiger partial charge in [-0.2, -0.15) is 0 Å². The molecule has 2 heterocycles. The second-order valence-electron chi connectivity index (χ2n) is 7.85. The molecule has 128 valence electrons. The van der Waals surface area contributed by atoms with Crippen LogP contribution in [0.1, 0.15) is 37.3 Å². The summed E-state index contributed by atoms with van der Waals surface area (Å²) in [4.78, 5) is 14.0. The molecule has 5 nitrogen and oxygen atoms in total. The molecule has 1 saturated carbocycles. The summed E-state index contributed by atoms with van der Waals surface area (Å²) in [5.41, 5.74) is 2.40. The van der Waals surface area contributed by atoms with E-state index in [-0.39, 0.29) is 17.5 Å². The highest BCUT2D eigenvalue weighted by atomic mass is 16.6. The lowest BCUT2D eigenvalue weighted by atomic mass is 9.51. The molecule has 1 aromatic rings. The topological polar surface area (TPSA) is 59.0 Å². The van der Waals surface area contributed by atoms with Gasteiger partial charge in [0.1, 0.15) is 6.10 Å². The van der Waals surface area contributed by atoms with Crippen molar-refractivity contribution in [2.75, 3.05) is 13.6 Å². The molecule has 2 fully saturated rings. The van der Waals surface area contributed by atoms with Crippen molar-refractivity contribution in [1.82, 2.24) is 4.90 Å². The fourth-order valence-corrected chi connectivity index (χ4v) is 5.93. The molecular formula is C19H23NO4. The number of hydrogen-bond donors (Lipinski definition) is 1. The van der Waals surface area contributed by atoms with Crippen LogP contribution in [0.3, 0.4) is 0 Å². The van der Waals surface area contributed by atoms with Crippen molar-refractivity contribution in [2.45, 2.75) is 56.3 Å². The minimum Gasteiger partial charge on any atom is -0.483 e. The fourth-order valence-electron chi connectivity index (χ4n) is 5.93. The third kappa shape index (κ3) is 1.64. The lowest BCUT2D eigenvalue weighted by Gasteiger charge is -2.58. The number of aliphatic hydroxyl groups excluding tert-OH is 1. The monoisotopic (exact) mass is 329 g/mol. The second kappa shape index (κ2) is 4.73. The molecule has 1 aromatic carbocycles. The first-order chi connectivity index (χ1) is 11.5. The molecule has 0 radical (unpaired) electrons. The number of nitrogens with zero attached hydrogens (tertiary/aromatic N) is 1. The molecule has 5 heteroatoms. The molecule has 2 bridgehead atoms. The average molecular weight is 329 g/mol. The summed E-state index contributed by atoms with van der Waals surface area (Å²) < 4.78 is 11.7. The minimum absolute atomic E-state index is 0.117. The first kappa shape index (κ1) is 14.7. The Hall–Kier alpha value is -1.59. The molecule has 1 saturated heterocycles. The molecule has 24 heavy (non-hydrogen) atoms. The first-order valence-electron chi connectivity index (χ1n) is 8.92. The van der Waals surface area contributed by atoms with Gasteiger partial charge in [-0.3, -0.25) is 4.79 Å². The van der Waals surface area contributed by atoms with Crippen LogP contribution in [0.4, 0.5) is 0 Å². The molecule has 1 N–H and O–H groups in total. The Morgan fingerprint density at radius 2 is 2.25 bits per heavy atom. The average Bonchev–Trinajstić information content (AvgIpc) is 2.89. The Morgan fingerprint density at radius 1 is 1.42 bits per heavy atom. The second-order valence-corrected chi connectivity index (χ2v) is 7.85. The highest BCUT2D eigenvalue weighted by Gasteiger charge is 2.65. The van der Waals surface area contributed by atoms with Gasteiger partial charge in [0.15, 0.2) is 11.5 Å². The molecule has 0 amide bonds. The predicted molar refractivity (Wildman–Crippen MR) is 87.3 cm³/mol. The van der Waals surface area contributed by atoms with Gasteiger partial charge in [-0.05, 0) is 56.8 Å². The number of likely N-dealkylation sites (N-methyl/N-ethyl adjacent to an activating group) is 1. The Labute approximate surface area is 141 Å². The van der Waals surface area contributed by atoms with Crippen LogP contribution in [0.15, 0.2) is 12.1 Å². The molecule has 2 aliphatic carbocycles. The van der Waals surface area contributed by atoms with Crippen molar-refractivity contribution >= 4 is 5.97 Å². The smallest absolute Gasteiger partial charge is 0.308 e. The Kier molecular flexibility index (Phi) is 2.90. The Morgan fingerprint density at radius 3 is 3.04 bits per heavy atom. The maximum atomic E-state index is 11.5. The number of aliphatic hydroxyl groups is 1. The van der Waals surface area contributed by atoms with E-state index in [0.717, 1.165) is 32.2 Å². The maximum Gasteiger partial charge on any atom is 0.308 e. The predicted octanol–water partition coefficient (Wildman–Crippen LogP) is 1.64. The fraction of sp³-hybridized carbons (Fsp3) is 0.632. The van der Waals surface area contributed by atoms with Gasteiger partial charge in [0, 0.05) is 23.9 Å². The lowest BCUT2D eigenvalue weighted by Crippen LogP contribution is -2.66. The summed E-state index contributed by atoms with van der Waals surface area (Å²) in [7, 11) is 2.21. The summed E-state index contributed by atoms with van der Waals surface area (Å²) in [6.07, 6.45) is 3.17. The van der Waals surface area contributed by atoms with Crippen molar-refractivity contribution in [2.24, 2.45) is 5.92 Å². The van der Waals surface area contributed by atoms with E-state index in [1.165, 1.54) is 18.1 Å². The zero-order valence-corrected chi connectivity index (χ0v) is 14.1. The van der Waals surface area contributed by atoms with E-state index in [0.29, 0.717) is 23.5 Å². The lowest BCUT2D eigenvalue weighted by molar-refractivity contribution is -0.132. The third-order valence-electron chi connectivity index (χ3n) is 6.80. The van der Waals surface area contributed by atoms with E-state index in [4.69, 9.17) is 9.47 Å². The number of piperidine rings is 1. The van der Waals surface area contributed by atoms with Crippen molar-refractivity contribution in [3.63, 3.8) is 0 Å². The van der Waals surface area contributed by atoms with Gasteiger partial charge < -0.3 is 19.5 Å². The van der Waals surface area contributed by atoms with Gasteiger partial charge in [-0.1, -0.05) is 6.07 Å². The summed E-state index contributed by atoms with van der Waals surface area (Å²) in [5, 5.41) is 10.7. The van der Waals surface area contributed by atoms with Gasteiger partial charge in [-0.15, -0.1) is 0 Å². The van der Waals surface area contributed by atoms with Gasteiger partial charge in [0.05, 0.1) is 6.10 Å². The van der Waals surface area contributed by atoms with Gasteiger partial charge in [-0.25, -0.2) is 0 Å². The van der Waals surface area contributed by atoms with E-state index in [9.17, 15) is 9.90 Å². The number of esters is 1. The van der Waals surface area contributed by atoms with Crippen LogP contribution < -0.4 is 9.47 Å². The number of rotatable bonds is 1. The largest absolute Gasteiger partial charge is 0.483 e. The quantitative estimate of drug-likeness (QED) is 0.627. The van der Waals surface area contributed by atoms with Gasteiger partial charge in [0.2, 0.25) is 0 Å². The molecule has 4 aliphatic rings. The Bertz CT molecular complexity index is 732. The van der Waals surface area contributed by atoms with Crippen molar-refractivity contribution in [1.29, 1.82) is 0 Å². The van der Waals surface area contributed by atoms with Gasteiger partial charge in [0.25, 0.3) is 0 Å². The summed E-state index contributed by atoms with van der Waals surface area (Å²) in [6.45, 7) is 2.43. The standard InChI is InChI=1S/C19H23NO4/c1-10(21)23-15-6-3-11-9-13-12-4-5-14(22)18-19(12,7-8-20(13)2)16(11)17(15)24-18/h3,6,12-14,18,22H,4-5,7-9H2,1-2H3/t12-,13?,14+,18-,19?/m0/s1. The van der Waals surface area contributed by atoms with Crippen molar-refractivity contribution in [3.8, 4) is 11.5 Å². The van der Waals surface area contributed by atoms with Crippen LogP contribution in [0, 0.1) is 5.92 Å². The number of benzene rings is 1. The minimum atomic E-state index is -0.450. The number of carbonyl (C=O) groups is 1. The van der Waals surface area contributed by atoms with E-state index in [1.54, 1.807) is 0 Å². The highest BCUT2D eigenvalue weighted by molar-refractivity contribution is 5.72. The van der Waals surface area contributed by atoms with Crippen LogP contribution in [0.5, 0.6) is 11.5 Å². The van der Waals surface area contributed by atoms with Gasteiger partial charge >= 0.3 is 5.97 Å². The molecule has 5 atom stereocenters. The number of ether oxygens (including phenoxy) is 2. The number of carbonyl (C=O) groups excluding carboxylic acids is 1. The molecule has 1 spiro atoms. The first-order valence-corrected chi connectivity index (χ1v) is 8.92. The van der Waals surface area contributed by atoms with E-state index < -0.39 is 6.10 Å². The highest BCUT2D eigenvalue weighted by Crippen LogP contribution is 2.63. The SMILES string of the molecule is CC(=O)Oc1ccc2c3c1O[C@H]1[C@H](O)CC[C@H]4C(C2)N(C)CCC341. The van der Waals surface area contributed by atoms with Crippen LogP contribution in [0.2, 0.25) is 0 Å². The maximum absolute atomic E-state index is 11.5. The van der Waals surface area contributed by atoms with Crippen molar-refractivity contribution in [3.05, 3.63) is 23.3 Å².